The summed E-state index contributed by atoms with van der Waals surface area (Å²) in [7, 11) is 1.06. The van der Waals surface area contributed by atoms with Gasteiger partial charge in [0.15, 0.2) is 0 Å². The minimum atomic E-state index is -4.51. The van der Waals surface area contributed by atoms with Gasteiger partial charge in [0.05, 0.1) is 21.2 Å². The van der Waals surface area contributed by atoms with Crippen molar-refractivity contribution < 1.29 is 45.1 Å². The third-order valence-corrected chi connectivity index (χ3v) is 5.58. The Balaban J connectivity index is 1.27. The van der Waals surface area contributed by atoms with Gasteiger partial charge in [0.2, 0.25) is 0 Å². The van der Waals surface area contributed by atoms with Gasteiger partial charge < -0.3 is 18.8 Å². The predicted octanol–water partition coefficient (Wildman–Crippen LogP) is 9.61. The van der Waals surface area contributed by atoms with Crippen LogP contribution in [-0.2, 0) is 12.4 Å². The fourth-order valence-corrected chi connectivity index (χ4v) is 3.52. The van der Waals surface area contributed by atoms with Crippen molar-refractivity contribution >= 4 is 30.9 Å². The first-order chi connectivity index (χ1) is 18.4. The van der Waals surface area contributed by atoms with E-state index < -0.39 is 23.5 Å². The Hall–Kier alpha value is -3.70. The Bertz CT molecular complexity index is 1320. The lowest BCUT2D eigenvalue weighted by Gasteiger charge is -2.12. The molecule has 0 heterocycles. The van der Waals surface area contributed by atoms with E-state index in [0.29, 0.717) is 23.0 Å². The lowest BCUT2D eigenvalue weighted by molar-refractivity contribution is -0.138. The van der Waals surface area contributed by atoms with Crippen molar-refractivity contribution in [3.8, 4) is 34.5 Å². The Morgan fingerprint density at radius 1 is 0.487 bits per heavy atom. The number of hydrogen-bond donors (Lipinski definition) is 0. The molecule has 0 unspecified atom stereocenters. The zero-order chi connectivity index (χ0) is 28.2. The molecule has 0 saturated heterocycles. The van der Waals surface area contributed by atoms with Crippen molar-refractivity contribution in [1.29, 1.82) is 0 Å². The van der Waals surface area contributed by atoms with Crippen LogP contribution in [0.1, 0.15) is 11.1 Å². The number of benzene rings is 4. The van der Waals surface area contributed by atoms with E-state index in [9.17, 15) is 26.3 Å². The average molecular weight is 586 g/mol. The molecule has 4 nitrogen and oxygen atoms in total. The SMILES string of the molecule is FC(F)(F)c1ccc(Oc2ccc(O[B]Oc3ccc(Oc4ccc(C(F)(F)F)cc4Cl)cc3)cc2)c(Cl)c1. The highest BCUT2D eigenvalue weighted by atomic mass is 35.5. The first kappa shape index (κ1) is 28.3. The molecule has 0 aliphatic rings. The second-order valence-electron chi connectivity index (χ2n) is 7.76. The summed E-state index contributed by atoms with van der Waals surface area (Å²) >= 11 is 11.8. The minimum absolute atomic E-state index is 0.0567. The molecule has 39 heavy (non-hydrogen) atoms. The quantitative estimate of drug-likeness (QED) is 0.152. The molecule has 4 rings (SSSR count). The van der Waals surface area contributed by atoms with Crippen molar-refractivity contribution in [2.75, 3.05) is 0 Å². The van der Waals surface area contributed by atoms with Crippen LogP contribution in [0.4, 0.5) is 26.3 Å². The van der Waals surface area contributed by atoms with Crippen LogP contribution in [0.25, 0.3) is 0 Å². The van der Waals surface area contributed by atoms with E-state index in [4.69, 9.17) is 42.0 Å². The molecule has 0 aromatic heterocycles. The molecule has 1 radical (unpaired) electrons. The van der Waals surface area contributed by atoms with Crippen molar-refractivity contribution in [3.05, 3.63) is 106 Å². The molecule has 4 aromatic rings. The summed E-state index contributed by atoms with van der Waals surface area (Å²) in [6.07, 6.45) is -9.03. The van der Waals surface area contributed by atoms with Gasteiger partial charge in [-0.25, -0.2) is 0 Å². The van der Waals surface area contributed by atoms with Crippen LogP contribution < -0.4 is 18.8 Å². The van der Waals surface area contributed by atoms with Crippen LogP contribution in [0.5, 0.6) is 34.5 Å². The first-order valence-corrected chi connectivity index (χ1v) is 11.6. The monoisotopic (exact) mass is 585 g/mol. The van der Waals surface area contributed by atoms with E-state index in [1.54, 1.807) is 0 Å². The summed E-state index contributed by atoms with van der Waals surface area (Å²) in [4.78, 5) is 0. The topological polar surface area (TPSA) is 36.9 Å². The molecule has 201 valence electrons. The van der Waals surface area contributed by atoms with Gasteiger partial charge in [-0.15, -0.1) is 0 Å². The number of alkyl halides is 6. The van der Waals surface area contributed by atoms with Crippen LogP contribution in [0.3, 0.4) is 0 Å². The maximum Gasteiger partial charge on any atom is 0.658 e. The van der Waals surface area contributed by atoms with Crippen molar-refractivity contribution in [1.82, 2.24) is 0 Å². The Morgan fingerprint density at radius 3 is 1.13 bits per heavy atom. The highest BCUT2D eigenvalue weighted by Crippen LogP contribution is 2.38. The summed E-state index contributed by atoms with van der Waals surface area (Å²) in [5.41, 5.74) is -1.77. The lowest BCUT2D eigenvalue weighted by atomic mass is 10.2. The molecule has 4 aromatic carbocycles. The molecule has 0 bridgehead atoms. The Morgan fingerprint density at radius 2 is 0.821 bits per heavy atom. The van der Waals surface area contributed by atoms with E-state index >= 15 is 0 Å². The largest absolute Gasteiger partial charge is 0.658 e. The van der Waals surface area contributed by atoms with E-state index in [-0.39, 0.29) is 21.5 Å². The summed E-state index contributed by atoms with van der Waals surface area (Å²) in [6, 6.07) is 17.8. The van der Waals surface area contributed by atoms with Crippen LogP contribution >= 0.6 is 23.2 Å². The maximum atomic E-state index is 12.8. The predicted molar refractivity (Wildman–Crippen MR) is 133 cm³/mol. The van der Waals surface area contributed by atoms with Gasteiger partial charge in [0.1, 0.15) is 34.5 Å². The van der Waals surface area contributed by atoms with Crippen LogP contribution in [0.15, 0.2) is 84.9 Å². The molecule has 0 aliphatic carbocycles. The van der Waals surface area contributed by atoms with Gasteiger partial charge in [-0.3, -0.25) is 0 Å². The normalized spacial score (nSPS) is 11.6. The van der Waals surface area contributed by atoms with Crippen LogP contribution in [-0.4, -0.2) is 7.69 Å². The van der Waals surface area contributed by atoms with E-state index in [2.05, 4.69) is 0 Å². The third kappa shape index (κ3) is 7.67. The molecule has 0 aliphatic heterocycles. The first-order valence-electron chi connectivity index (χ1n) is 10.8. The van der Waals surface area contributed by atoms with E-state index in [0.717, 1.165) is 44.1 Å². The summed E-state index contributed by atoms with van der Waals surface area (Å²) in [5, 5.41) is -0.378. The molecule has 0 amide bonds. The van der Waals surface area contributed by atoms with Crippen molar-refractivity contribution in [3.63, 3.8) is 0 Å². The molecule has 0 atom stereocenters. The maximum absolute atomic E-state index is 12.8. The van der Waals surface area contributed by atoms with Crippen LogP contribution in [0, 0.1) is 0 Å². The fraction of sp³-hybridized carbons (Fsp3) is 0.0769. The molecular formula is C26H14BCl2F6O4. The summed E-state index contributed by atoms with van der Waals surface area (Å²) in [5.74, 6) is 1.49. The highest BCUT2D eigenvalue weighted by Gasteiger charge is 2.32. The van der Waals surface area contributed by atoms with Gasteiger partial charge in [-0.1, -0.05) is 23.2 Å². The average Bonchev–Trinajstić information content (AvgIpc) is 2.87. The van der Waals surface area contributed by atoms with Gasteiger partial charge in [0.25, 0.3) is 0 Å². The third-order valence-electron chi connectivity index (χ3n) is 4.99. The Labute approximate surface area is 228 Å². The lowest BCUT2D eigenvalue weighted by Crippen LogP contribution is -2.10. The standard InChI is InChI=1S/C26H14BCl2F6O4/c28-21-13-15(25(30,31)32)1-11-23(21)36-17-3-7-19(8-4-17)38-27-39-20-9-5-18(6-10-20)37-24-12-2-16(14-22(24)29)26(33,34)35/h1-14H. The number of hydrogen-bond acceptors (Lipinski definition) is 4. The number of halogens is 8. The zero-order valence-electron chi connectivity index (χ0n) is 19.3. The second-order valence-corrected chi connectivity index (χ2v) is 8.58. The van der Waals surface area contributed by atoms with Crippen molar-refractivity contribution in [2.45, 2.75) is 12.4 Å². The van der Waals surface area contributed by atoms with Gasteiger partial charge in [-0.05, 0) is 84.9 Å². The highest BCUT2D eigenvalue weighted by molar-refractivity contribution is 6.32. The molecule has 0 fully saturated rings. The molecular weight excluding hydrogens is 572 g/mol. The number of ether oxygens (including phenoxy) is 2. The van der Waals surface area contributed by atoms with E-state index in [1.165, 1.54) is 48.5 Å². The molecule has 13 heteroatoms. The van der Waals surface area contributed by atoms with E-state index in [1.807, 2.05) is 0 Å². The molecule has 0 N–H and O–H groups in total. The summed E-state index contributed by atoms with van der Waals surface area (Å²) in [6.45, 7) is 0. The second kappa shape index (κ2) is 11.6. The zero-order valence-corrected chi connectivity index (χ0v) is 20.8. The minimum Gasteiger partial charge on any atom is -0.526 e. The van der Waals surface area contributed by atoms with Gasteiger partial charge in [-0.2, -0.15) is 26.3 Å². The van der Waals surface area contributed by atoms with Gasteiger partial charge >= 0.3 is 20.0 Å². The molecule has 0 spiro atoms. The fourth-order valence-electron chi connectivity index (χ4n) is 3.08. The summed E-state index contributed by atoms with van der Waals surface area (Å²) < 4.78 is 98.4. The van der Waals surface area contributed by atoms with Crippen LogP contribution in [0.2, 0.25) is 10.0 Å². The molecule has 0 saturated carbocycles. The Kier molecular flexibility index (Phi) is 8.41. The number of rotatable bonds is 8. The smallest absolute Gasteiger partial charge is 0.526 e. The van der Waals surface area contributed by atoms with Gasteiger partial charge in [0, 0.05) is 0 Å². The van der Waals surface area contributed by atoms with Crippen molar-refractivity contribution in [2.24, 2.45) is 0 Å².